The monoisotopic (exact) mass is 244 g/mol. The van der Waals surface area contributed by atoms with Crippen LogP contribution in [0, 0.1) is 12.7 Å². The van der Waals surface area contributed by atoms with Crippen LogP contribution in [-0.4, -0.2) is 14.8 Å². The van der Waals surface area contributed by atoms with Crippen LogP contribution in [0.15, 0.2) is 12.1 Å². The number of rotatable bonds is 2. The van der Waals surface area contributed by atoms with Gasteiger partial charge in [0.2, 0.25) is 5.13 Å². The SMILES string of the molecule is Cc1cc(Cl)c(Nc2nnns2)cc1F. The van der Waals surface area contributed by atoms with Crippen LogP contribution in [0.25, 0.3) is 0 Å². The number of aromatic nitrogens is 3. The Hall–Kier alpha value is -1.27. The predicted molar refractivity (Wildman–Crippen MR) is 57.1 cm³/mol. The lowest BCUT2D eigenvalue weighted by molar-refractivity contribution is 0.619. The molecule has 0 spiro atoms. The largest absolute Gasteiger partial charge is 0.328 e. The second-order valence-electron chi connectivity index (χ2n) is 2.87. The third-order valence-electron chi connectivity index (χ3n) is 1.79. The van der Waals surface area contributed by atoms with Gasteiger partial charge in [0.05, 0.1) is 10.7 Å². The summed E-state index contributed by atoms with van der Waals surface area (Å²) in [5, 5.41) is 10.8. The van der Waals surface area contributed by atoms with Crippen molar-refractivity contribution in [3.8, 4) is 0 Å². The molecule has 1 aromatic carbocycles. The minimum atomic E-state index is -0.320. The maximum Gasteiger partial charge on any atom is 0.229 e. The van der Waals surface area contributed by atoms with Gasteiger partial charge in [-0.2, -0.15) is 0 Å². The van der Waals surface area contributed by atoms with Crippen LogP contribution >= 0.6 is 23.1 Å². The van der Waals surface area contributed by atoms with E-state index in [4.69, 9.17) is 11.6 Å². The van der Waals surface area contributed by atoms with Crippen LogP contribution in [-0.2, 0) is 0 Å². The van der Waals surface area contributed by atoms with Crippen LogP contribution in [0.4, 0.5) is 15.2 Å². The van der Waals surface area contributed by atoms with Crippen molar-refractivity contribution in [3.63, 3.8) is 0 Å². The van der Waals surface area contributed by atoms with Gasteiger partial charge < -0.3 is 5.32 Å². The highest BCUT2D eigenvalue weighted by Gasteiger charge is 2.07. The summed E-state index contributed by atoms with van der Waals surface area (Å²) >= 11 is 7.00. The Morgan fingerprint density at radius 1 is 1.47 bits per heavy atom. The molecular weight excluding hydrogens is 239 g/mol. The molecule has 0 aliphatic rings. The van der Waals surface area contributed by atoms with Crippen molar-refractivity contribution in [1.29, 1.82) is 0 Å². The van der Waals surface area contributed by atoms with E-state index >= 15 is 0 Å². The molecule has 1 N–H and O–H groups in total. The highest BCUT2D eigenvalue weighted by Crippen LogP contribution is 2.27. The second-order valence-corrected chi connectivity index (χ2v) is 4.01. The Kier molecular flexibility index (Phi) is 2.79. The zero-order valence-corrected chi connectivity index (χ0v) is 9.23. The number of anilines is 2. The van der Waals surface area contributed by atoms with E-state index in [0.29, 0.717) is 21.4 Å². The van der Waals surface area contributed by atoms with Gasteiger partial charge in [0.15, 0.2) is 0 Å². The lowest BCUT2D eigenvalue weighted by atomic mass is 10.2. The van der Waals surface area contributed by atoms with Crippen molar-refractivity contribution < 1.29 is 4.39 Å². The van der Waals surface area contributed by atoms with Crippen LogP contribution in [0.2, 0.25) is 5.02 Å². The van der Waals surface area contributed by atoms with Gasteiger partial charge in [-0.3, -0.25) is 0 Å². The molecule has 0 bridgehead atoms. The third-order valence-corrected chi connectivity index (χ3v) is 2.61. The second kappa shape index (κ2) is 4.08. The molecule has 7 heteroatoms. The van der Waals surface area contributed by atoms with Gasteiger partial charge in [0, 0.05) is 11.5 Å². The van der Waals surface area contributed by atoms with E-state index in [1.165, 1.54) is 6.07 Å². The summed E-state index contributed by atoms with van der Waals surface area (Å²) in [6.07, 6.45) is 0. The molecule has 0 atom stereocenters. The van der Waals surface area contributed by atoms with Crippen LogP contribution in [0.5, 0.6) is 0 Å². The maximum atomic E-state index is 13.2. The van der Waals surface area contributed by atoms with Gasteiger partial charge >= 0.3 is 0 Å². The smallest absolute Gasteiger partial charge is 0.229 e. The van der Waals surface area contributed by atoms with E-state index < -0.39 is 0 Å². The van der Waals surface area contributed by atoms with E-state index in [1.54, 1.807) is 13.0 Å². The Morgan fingerprint density at radius 3 is 2.93 bits per heavy atom. The van der Waals surface area contributed by atoms with Crippen molar-refractivity contribution in [2.24, 2.45) is 0 Å². The summed E-state index contributed by atoms with van der Waals surface area (Å²) in [6, 6.07) is 2.87. The number of aryl methyl sites for hydroxylation is 1. The molecule has 0 saturated carbocycles. The molecule has 0 amide bonds. The lowest BCUT2D eigenvalue weighted by Gasteiger charge is -2.06. The zero-order chi connectivity index (χ0) is 10.8. The van der Waals surface area contributed by atoms with E-state index in [0.717, 1.165) is 11.5 Å². The highest BCUT2D eigenvalue weighted by atomic mass is 35.5. The number of hydrogen-bond acceptors (Lipinski definition) is 5. The van der Waals surface area contributed by atoms with Crippen LogP contribution in [0.3, 0.4) is 0 Å². The zero-order valence-electron chi connectivity index (χ0n) is 7.66. The number of hydrogen-bond donors (Lipinski definition) is 1. The summed E-state index contributed by atoms with van der Waals surface area (Å²) in [6.45, 7) is 1.65. The van der Waals surface area contributed by atoms with Gasteiger partial charge in [0.1, 0.15) is 5.82 Å². The molecule has 0 fully saturated rings. The van der Waals surface area contributed by atoms with Gasteiger partial charge in [0.25, 0.3) is 0 Å². The summed E-state index contributed by atoms with van der Waals surface area (Å²) in [7, 11) is 0. The number of benzene rings is 1. The van der Waals surface area contributed by atoms with E-state index in [-0.39, 0.29) is 5.82 Å². The first-order valence-corrected chi connectivity index (χ1v) is 5.19. The van der Waals surface area contributed by atoms with Gasteiger partial charge in [-0.1, -0.05) is 21.2 Å². The molecule has 0 aliphatic carbocycles. The fraction of sp³-hybridized carbons (Fsp3) is 0.125. The first-order valence-electron chi connectivity index (χ1n) is 4.04. The average Bonchev–Trinajstić information content (AvgIpc) is 2.67. The molecule has 15 heavy (non-hydrogen) atoms. The Labute approximate surface area is 94.2 Å². The van der Waals surface area contributed by atoms with Crippen LogP contribution in [0.1, 0.15) is 5.56 Å². The molecule has 78 valence electrons. The van der Waals surface area contributed by atoms with Crippen molar-refractivity contribution in [2.45, 2.75) is 6.92 Å². The molecule has 4 nitrogen and oxygen atoms in total. The topological polar surface area (TPSA) is 50.7 Å². The number of nitrogens with zero attached hydrogens (tertiary/aromatic N) is 3. The average molecular weight is 245 g/mol. The Morgan fingerprint density at radius 2 is 2.27 bits per heavy atom. The number of nitrogens with one attached hydrogen (secondary N) is 1. The molecular formula is C8H6ClFN4S. The van der Waals surface area contributed by atoms with Crippen molar-refractivity contribution in [1.82, 2.24) is 14.8 Å². The minimum absolute atomic E-state index is 0.320. The molecule has 0 unspecified atom stereocenters. The molecule has 0 radical (unpaired) electrons. The molecule has 0 saturated heterocycles. The Balaban J connectivity index is 2.33. The van der Waals surface area contributed by atoms with E-state index in [1.807, 2.05) is 0 Å². The molecule has 2 aromatic rings. The predicted octanol–water partition coefficient (Wildman–Crippen LogP) is 2.78. The summed E-state index contributed by atoms with van der Waals surface area (Å²) in [5.41, 5.74) is 0.958. The lowest BCUT2D eigenvalue weighted by Crippen LogP contribution is -1.93. The summed E-state index contributed by atoms with van der Waals surface area (Å²) in [4.78, 5) is 0. The van der Waals surface area contributed by atoms with E-state index in [2.05, 4.69) is 20.1 Å². The van der Waals surface area contributed by atoms with Crippen molar-refractivity contribution >= 4 is 34.0 Å². The first-order chi connectivity index (χ1) is 7.16. The van der Waals surface area contributed by atoms with E-state index in [9.17, 15) is 4.39 Å². The quantitative estimate of drug-likeness (QED) is 0.883. The van der Waals surface area contributed by atoms with Crippen molar-refractivity contribution in [2.75, 3.05) is 5.32 Å². The molecule has 2 rings (SSSR count). The summed E-state index contributed by atoms with van der Waals surface area (Å²) in [5.74, 6) is -0.320. The van der Waals surface area contributed by atoms with Crippen molar-refractivity contribution in [3.05, 3.63) is 28.5 Å². The fourth-order valence-corrected chi connectivity index (χ4v) is 1.68. The third kappa shape index (κ3) is 2.21. The fourth-order valence-electron chi connectivity index (χ4n) is 1.04. The summed E-state index contributed by atoms with van der Waals surface area (Å²) < 4.78 is 16.8. The maximum absolute atomic E-state index is 13.2. The molecule has 1 aromatic heterocycles. The molecule has 0 aliphatic heterocycles. The standard InChI is InChI=1S/C8H6ClFN4S/c1-4-2-5(9)7(3-6(4)10)11-8-12-13-14-15-8/h2-3H,1H3,(H,11,12,14). The highest BCUT2D eigenvalue weighted by molar-refractivity contribution is 7.09. The molecule has 1 heterocycles. The van der Waals surface area contributed by atoms with Gasteiger partial charge in [-0.05, 0) is 29.8 Å². The van der Waals surface area contributed by atoms with Gasteiger partial charge in [-0.15, -0.1) is 0 Å². The van der Waals surface area contributed by atoms with Gasteiger partial charge in [-0.25, -0.2) is 4.39 Å². The number of halogens is 2. The Bertz CT molecular complexity index is 474. The normalized spacial score (nSPS) is 10.3. The first kappa shape index (κ1) is 10.3. The van der Waals surface area contributed by atoms with Crippen LogP contribution < -0.4 is 5.32 Å². The minimum Gasteiger partial charge on any atom is -0.328 e.